The van der Waals surface area contributed by atoms with Gasteiger partial charge in [0.05, 0.1) is 0 Å². The van der Waals surface area contributed by atoms with Crippen molar-refractivity contribution < 1.29 is 30.6 Å². The molecule has 238 valence electrons. The molecule has 0 saturated heterocycles. The minimum Gasteiger partial charge on any atom is -0.381 e. The summed E-state index contributed by atoms with van der Waals surface area (Å²) in [4.78, 5) is 11.3. The normalized spacial score (nSPS) is 30.5. The molecular weight excluding hydrogens is 549 g/mol. The van der Waals surface area contributed by atoms with Gasteiger partial charge in [-0.25, -0.2) is 0 Å². The van der Waals surface area contributed by atoms with Gasteiger partial charge in [0, 0.05) is 19.3 Å². The molecule has 0 aromatic heterocycles. The van der Waals surface area contributed by atoms with E-state index in [1.807, 2.05) is 0 Å². The zero-order valence-corrected chi connectivity index (χ0v) is 26.7. The molecule has 0 N–H and O–H groups in total. The Labute approximate surface area is 247 Å². The van der Waals surface area contributed by atoms with Crippen LogP contribution in [0.25, 0.3) is 0 Å². The molecule has 1 atom stereocenters. The lowest BCUT2D eigenvalue weighted by atomic mass is 9.70. The SMILES string of the molecule is CC(C)CC1CCC(C2CC=C(OS(=O)(=O)C(F)(F)F)CC2)CC1.CC(C)CC1CCC(C2CCC(=O)CC2)CC1. The van der Waals surface area contributed by atoms with Crippen LogP contribution in [-0.2, 0) is 19.1 Å². The largest absolute Gasteiger partial charge is 0.534 e. The van der Waals surface area contributed by atoms with Crippen molar-refractivity contribution in [2.24, 2.45) is 47.3 Å². The molecule has 0 heterocycles. The van der Waals surface area contributed by atoms with Crippen LogP contribution in [0.15, 0.2) is 11.8 Å². The van der Waals surface area contributed by atoms with Crippen molar-refractivity contribution in [2.75, 3.05) is 0 Å². The predicted molar refractivity (Wildman–Crippen MR) is 158 cm³/mol. The standard InChI is InChI=1S/C17H27F3O3S.C16H28O/c1-12(2)11-13-3-5-14(6-4-13)15-7-9-16(10-8-15)23-24(21,22)17(18,19)20;1-12(2)11-13-3-5-14(6-4-13)15-7-9-16(17)10-8-15/h9,12-15H,3-8,10-11H2,1-2H3;12-15H,3-11H2,1-2H3. The van der Waals surface area contributed by atoms with Crippen molar-refractivity contribution in [3.05, 3.63) is 11.8 Å². The number of allylic oxidation sites excluding steroid dienone is 2. The third-order valence-electron chi connectivity index (χ3n) is 10.2. The number of Topliss-reactive ketones (excluding diaryl/α,β-unsaturated/α-hetero) is 1. The number of hydrogen-bond acceptors (Lipinski definition) is 4. The molecule has 0 amide bonds. The quantitative estimate of drug-likeness (QED) is 0.204. The van der Waals surface area contributed by atoms with E-state index in [0.717, 1.165) is 48.3 Å². The minimum atomic E-state index is -5.53. The Kier molecular flexibility index (Phi) is 13.1. The predicted octanol–water partition coefficient (Wildman–Crippen LogP) is 9.99. The van der Waals surface area contributed by atoms with E-state index < -0.39 is 15.6 Å². The van der Waals surface area contributed by atoms with Crippen LogP contribution < -0.4 is 0 Å². The van der Waals surface area contributed by atoms with E-state index in [-0.39, 0.29) is 12.2 Å². The molecule has 4 rings (SSSR count). The first kappa shape index (κ1) is 34.4. The second kappa shape index (κ2) is 15.6. The summed E-state index contributed by atoms with van der Waals surface area (Å²) in [5.41, 5.74) is -5.36. The second-order valence-electron chi connectivity index (χ2n) is 14.4. The number of carbonyl (C=O) groups excluding carboxylic acids is 1. The van der Waals surface area contributed by atoms with Crippen LogP contribution in [0.4, 0.5) is 13.2 Å². The van der Waals surface area contributed by atoms with Crippen molar-refractivity contribution in [3.8, 4) is 0 Å². The maximum atomic E-state index is 12.3. The van der Waals surface area contributed by atoms with Gasteiger partial charge in [0.2, 0.25) is 0 Å². The summed E-state index contributed by atoms with van der Waals surface area (Å²) in [6.07, 6.45) is 20.5. The monoisotopic (exact) mass is 604 g/mol. The fourth-order valence-electron chi connectivity index (χ4n) is 8.08. The van der Waals surface area contributed by atoms with Gasteiger partial charge in [-0.1, -0.05) is 53.4 Å². The van der Waals surface area contributed by atoms with Crippen LogP contribution in [0, 0.1) is 47.3 Å². The molecule has 1 unspecified atom stereocenters. The summed E-state index contributed by atoms with van der Waals surface area (Å²) in [5.74, 6) is 6.71. The van der Waals surface area contributed by atoms with Crippen LogP contribution in [0.3, 0.4) is 0 Å². The highest BCUT2D eigenvalue weighted by atomic mass is 32.2. The molecule has 0 radical (unpaired) electrons. The summed E-state index contributed by atoms with van der Waals surface area (Å²) < 4.78 is 63.4. The number of hydrogen-bond donors (Lipinski definition) is 0. The van der Waals surface area contributed by atoms with Gasteiger partial charge in [0.1, 0.15) is 11.5 Å². The molecule has 4 aliphatic rings. The Morgan fingerprint density at radius 2 is 1.12 bits per heavy atom. The minimum absolute atomic E-state index is 0.0583. The van der Waals surface area contributed by atoms with Crippen LogP contribution >= 0.6 is 0 Å². The molecule has 0 spiro atoms. The lowest BCUT2D eigenvalue weighted by molar-refractivity contribution is -0.121. The Morgan fingerprint density at radius 3 is 1.51 bits per heavy atom. The maximum Gasteiger partial charge on any atom is 0.534 e. The number of rotatable bonds is 8. The van der Waals surface area contributed by atoms with Gasteiger partial charge >= 0.3 is 15.6 Å². The molecular formula is C33H55F3O4S. The molecule has 0 aromatic rings. The molecule has 41 heavy (non-hydrogen) atoms. The number of ketones is 1. The average Bonchev–Trinajstić information content (AvgIpc) is 2.89. The zero-order valence-electron chi connectivity index (χ0n) is 25.9. The lowest BCUT2D eigenvalue weighted by Crippen LogP contribution is -2.27. The van der Waals surface area contributed by atoms with Crippen molar-refractivity contribution in [1.29, 1.82) is 0 Å². The Bertz CT molecular complexity index is 930. The fourth-order valence-corrected chi connectivity index (χ4v) is 8.61. The van der Waals surface area contributed by atoms with Gasteiger partial charge < -0.3 is 4.18 Å². The molecule has 3 fully saturated rings. The Morgan fingerprint density at radius 1 is 0.707 bits per heavy atom. The lowest BCUT2D eigenvalue weighted by Gasteiger charge is -2.36. The highest BCUT2D eigenvalue weighted by molar-refractivity contribution is 7.87. The van der Waals surface area contributed by atoms with Gasteiger partial charge in [0.25, 0.3) is 0 Å². The smallest absolute Gasteiger partial charge is 0.381 e. The summed E-state index contributed by atoms with van der Waals surface area (Å²) in [5, 5.41) is 0. The van der Waals surface area contributed by atoms with Crippen molar-refractivity contribution in [1.82, 2.24) is 0 Å². The first-order valence-electron chi connectivity index (χ1n) is 16.4. The number of alkyl halides is 3. The second-order valence-corrected chi connectivity index (χ2v) is 15.9. The van der Waals surface area contributed by atoms with Crippen LogP contribution in [0.5, 0.6) is 0 Å². The van der Waals surface area contributed by atoms with Crippen molar-refractivity contribution in [2.45, 2.75) is 142 Å². The molecule has 4 aliphatic carbocycles. The van der Waals surface area contributed by atoms with E-state index in [4.69, 9.17) is 0 Å². The van der Waals surface area contributed by atoms with E-state index in [0.29, 0.717) is 30.5 Å². The van der Waals surface area contributed by atoms with Crippen LogP contribution in [0.2, 0.25) is 0 Å². The average molecular weight is 605 g/mol. The molecule has 3 saturated carbocycles. The third-order valence-corrected chi connectivity index (χ3v) is 11.2. The van der Waals surface area contributed by atoms with Gasteiger partial charge in [-0.05, 0) is 118 Å². The summed E-state index contributed by atoms with van der Waals surface area (Å²) in [6, 6.07) is 0. The molecule has 0 aliphatic heterocycles. The van der Waals surface area contributed by atoms with Crippen LogP contribution in [0.1, 0.15) is 137 Å². The van der Waals surface area contributed by atoms with E-state index in [9.17, 15) is 26.4 Å². The molecule has 0 aromatic carbocycles. The zero-order chi connectivity index (χ0) is 30.2. The summed E-state index contributed by atoms with van der Waals surface area (Å²) >= 11 is 0. The van der Waals surface area contributed by atoms with Crippen LogP contribution in [-0.4, -0.2) is 19.7 Å². The molecule has 4 nitrogen and oxygen atoms in total. The number of carbonyl (C=O) groups is 1. The fraction of sp³-hybridized carbons (Fsp3) is 0.909. The van der Waals surface area contributed by atoms with E-state index in [1.54, 1.807) is 0 Å². The van der Waals surface area contributed by atoms with Crippen molar-refractivity contribution >= 4 is 15.9 Å². The first-order chi connectivity index (χ1) is 19.2. The van der Waals surface area contributed by atoms with E-state index in [1.165, 1.54) is 83.1 Å². The highest BCUT2D eigenvalue weighted by Gasteiger charge is 2.49. The van der Waals surface area contributed by atoms with Gasteiger partial charge in [-0.2, -0.15) is 21.6 Å². The third kappa shape index (κ3) is 11.2. The highest BCUT2D eigenvalue weighted by Crippen LogP contribution is 2.42. The van der Waals surface area contributed by atoms with E-state index in [2.05, 4.69) is 31.9 Å². The van der Waals surface area contributed by atoms with Crippen molar-refractivity contribution in [3.63, 3.8) is 0 Å². The topological polar surface area (TPSA) is 60.4 Å². The maximum absolute atomic E-state index is 12.3. The Balaban J connectivity index is 0.000000239. The van der Waals surface area contributed by atoms with Gasteiger partial charge in [0.15, 0.2) is 0 Å². The Hall–Kier alpha value is -1.05. The molecule has 8 heteroatoms. The van der Waals surface area contributed by atoms with Gasteiger partial charge in [-0.3, -0.25) is 4.79 Å². The summed E-state index contributed by atoms with van der Waals surface area (Å²) in [6.45, 7) is 9.18. The van der Waals surface area contributed by atoms with E-state index >= 15 is 0 Å². The first-order valence-corrected chi connectivity index (χ1v) is 17.9. The summed E-state index contributed by atoms with van der Waals surface area (Å²) in [7, 11) is -5.53. The number of halogens is 3. The molecule has 0 bridgehead atoms. The van der Waals surface area contributed by atoms with Gasteiger partial charge in [-0.15, -0.1) is 0 Å².